The van der Waals surface area contributed by atoms with E-state index in [2.05, 4.69) is 23.5 Å². The predicted molar refractivity (Wildman–Crippen MR) is 138 cm³/mol. The molecule has 3 aromatic carbocycles. The van der Waals surface area contributed by atoms with Crippen LogP contribution in [0.5, 0.6) is 0 Å². The van der Waals surface area contributed by atoms with E-state index >= 15 is 0 Å². The molecule has 0 fully saturated rings. The van der Waals surface area contributed by atoms with Gasteiger partial charge < -0.3 is 5.32 Å². The number of nitrogens with one attached hydrogen (secondary N) is 1. The summed E-state index contributed by atoms with van der Waals surface area (Å²) >= 11 is 6.32. The molecule has 4 nitrogen and oxygen atoms in total. The first-order chi connectivity index (χ1) is 16.6. The smallest absolute Gasteiger partial charge is 0.251 e. The van der Waals surface area contributed by atoms with E-state index in [0.29, 0.717) is 17.1 Å². The third-order valence-corrected chi connectivity index (χ3v) is 5.91. The van der Waals surface area contributed by atoms with Crippen molar-refractivity contribution in [2.75, 3.05) is 6.54 Å². The molecule has 5 heteroatoms. The second kappa shape index (κ2) is 11.3. The number of benzene rings is 3. The summed E-state index contributed by atoms with van der Waals surface area (Å²) in [4.78, 5) is 17.6. The van der Waals surface area contributed by atoms with E-state index in [-0.39, 0.29) is 12.3 Å². The van der Waals surface area contributed by atoms with Crippen molar-refractivity contribution in [1.82, 2.24) is 10.3 Å². The Hall–Kier alpha value is -3.94. The topological polar surface area (TPSA) is 65.8 Å². The van der Waals surface area contributed by atoms with Crippen LogP contribution in [0.2, 0.25) is 5.02 Å². The lowest BCUT2D eigenvalue weighted by atomic mass is 9.99. The molecule has 0 unspecified atom stereocenters. The van der Waals surface area contributed by atoms with Crippen molar-refractivity contribution in [3.63, 3.8) is 0 Å². The highest BCUT2D eigenvalue weighted by atomic mass is 35.5. The summed E-state index contributed by atoms with van der Waals surface area (Å²) in [5.41, 5.74) is 5.29. The third kappa shape index (κ3) is 5.89. The van der Waals surface area contributed by atoms with Gasteiger partial charge in [-0.15, -0.1) is 0 Å². The number of fused-ring (bicyclic) bond motifs is 1. The maximum absolute atomic E-state index is 12.9. The fourth-order valence-electron chi connectivity index (χ4n) is 3.73. The van der Waals surface area contributed by atoms with Crippen molar-refractivity contribution < 1.29 is 4.79 Å². The zero-order valence-electron chi connectivity index (χ0n) is 18.7. The van der Waals surface area contributed by atoms with E-state index in [1.54, 1.807) is 12.1 Å². The molecule has 0 spiro atoms. The van der Waals surface area contributed by atoms with Crippen LogP contribution in [0.4, 0.5) is 0 Å². The van der Waals surface area contributed by atoms with Crippen LogP contribution < -0.4 is 5.32 Å². The van der Waals surface area contributed by atoms with E-state index in [9.17, 15) is 4.79 Å². The highest BCUT2D eigenvalue weighted by molar-refractivity contribution is 6.33. The lowest BCUT2D eigenvalue weighted by Crippen LogP contribution is -2.25. The molecule has 168 valence electrons. The van der Waals surface area contributed by atoms with Gasteiger partial charge in [0, 0.05) is 28.2 Å². The second-order valence-corrected chi connectivity index (χ2v) is 8.34. The maximum atomic E-state index is 12.9. The van der Waals surface area contributed by atoms with Crippen LogP contribution in [0.3, 0.4) is 0 Å². The Morgan fingerprint density at radius 2 is 1.71 bits per heavy atom. The summed E-state index contributed by atoms with van der Waals surface area (Å²) in [7, 11) is 0. The summed E-state index contributed by atoms with van der Waals surface area (Å²) in [5, 5.41) is 13.3. The van der Waals surface area contributed by atoms with Gasteiger partial charge in [-0.25, -0.2) is 0 Å². The number of hydrogen-bond donors (Lipinski definition) is 1. The Kier molecular flexibility index (Phi) is 7.70. The monoisotopic (exact) mass is 465 g/mol. The Morgan fingerprint density at radius 1 is 0.941 bits per heavy atom. The summed E-state index contributed by atoms with van der Waals surface area (Å²) in [5.74, 6) is -0.233. The van der Waals surface area contributed by atoms with Crippen LogP contribution in [0.25, 0.3) is 22.6 Å². The number of amides is 1. The molecule has 0 bridgehead atoms. The molecule has 1 amide bonds. The molecule has 1 aromatic heterocycles. The summed E-state index contributed by atoms with van der Waals surface area (Å²) < 4.78 is 0. The molecule has 4 aromatic rings. The van der Waals surface area contributed by atoms with Gasteiger partial charge in [-0.2, -0.15) is 5.26 Å². The zero-order valence-corrected chi connectivity index (χ0v) is 19.4. The van der Waals surface area contributed by atoms with Crippen LogP contribution in [-0.2, 0) is 17.6 Å². The zero-order chi connectivity index (χ0) is 23.8. The van der Waals surface area contributed by atoms with Crippen molar-refractivity contribution in [1.29, 1.82) is 5.26 Å². The van der Waals surface area contributed by atoms with E-state index in [1.165, 1.54) is 5.56 Å². The average Bonchev–Trinajstić information content (AvgIpc) is 2.87. The van der Waals surface area contributed by atoms with E-state index in [1.807, 2.05) is 66.7 Å². The van der Waals surface area contributed by atoms with Gasteiger partial charge in [0.2, 0.25) is 0 Å². The SMILES string of the molecule is N#CCCNC(=O)/C(=C/c1ccccc1Cl)c1ccc(CCc2ccc3ccccc3n2)cc1. The molecule has 1 heterocycles. The van der Waals surface area contributed by atoms with Gasteiger partial charge in [0.25, 0.3) is 5.91 Å². The van der Waals surface area contributed by atoms with Gasteiger partial charge >= 0.3 is 0 Å². The van der Waals surface area contributed by atoms with Gasteiger partial charge in [0.15, 0.2) is 0 Å². The number of pyridine rings is 1. The lowest BCUT2D eigenvalue weighted by Gasteiger charge is -2.11. The van der Waals surface area contributed by atoms with E-state index in [4.69, 9.17) is 21.8 Å². The van der Waals surface area contributed by atoms with Crippen LogP contribution in [0.1, 0.15) is 28.8 Å². The van der Waals surface area contributed by atoms with E-state index < -0.39 is 0 Å². The van der Waals surface area contributed by atoms with Crippen molar-refractivity contribution in [2.24, 2.45) is 0 Å². The number of rotatable bonds is 8. The molecule has 0 saturated heterocycles. The number of nitriles is 1. The standard InChI is InChI=1S/C29H24ClN3O/c30-27-8-3-1-7-24(27)20-26(29(34)32-19-5-18-31)22-13-10-21(11-14-22)12-16-25-17-15-23-6-2-4-9-28(23)33-25/h1-4,6-11,13-15,17,20H,5,12,16,19H2,(H,32,34)/b26-20+. The van der Waals surface area contributed by atoms with E-state index in [0.717, 1.165) is 40.6 Å². The molecule has 0 aliphatic heterocycles. The minimum atomic E-state index is -0.233. The minimum Gasteiger partial charge on any atom is -0.351 e. The molecule has 0 saturated carbocycles. The quantitative estimate of drug-likeness (QED) is 0.190. The van der Waals surface area contributed by atoms with Gasteiger partial charge in [0.1, 0.15) is 0 Å². The first kappa shape index (κ1) is 23.2. The third-order valence-electron chi connectivity index (χ3n) is 5.56. The van der Waals surface area contributed by atoms with Crippen LogP contribution in [0, 0.1) is 11.3 Å². The molecule has 4 rings (SSSR count). The Balaban J connectivity index is 1.52. The van der Waals surface area contributed by atoms with Crippen LogP contribution >= 0.6 is 11.6 Å². The van der Waals surface area contributed by atoms with Crippen LogP contribution in [-0.4, -0.2) is 17.4 Å². The number of para-hydroxylation sites is 1. The van der Waals surface area contributed by atoms with Crippen molar-refractivity contribution in [2.45, 2.75) is 19.3 Å². The first-order valence-electron chi connectivity index (χ1n) is 11.2. The molecule has 34 heavy (non-hydrogen) atoms. The molecule has 0 radical (unpaired) electrons. The molecule has 0 atom stereocenters. The Morgan fingerprint density at radius 3 is 2.50 bits per heavy atom. The number of halogens is 1. The Bertz CT molecular complexity index is 1370. The molecule has 0 aliphatic rings. The number of carbonyl (C=O) groups excluding carboxylic acids is 1. The fraction of sp³-hybridized carbons (Fsp3) is 0.138. The largest absolute Gasteiger partial charge is 0.351 e. The lowest BCUT2D eigenvalue weighted by molar-refractivity contribution is -0.115. The van der Waals surface area contributed by atoms with Gasteiger partial charge in [-0.3, -0.25) is 9.78 Å². The maximum Gasteiger partial charge on any atom is 0.251 e. The number of carbonyl (C=O) groups is 1. The summed E-state index contributed by atoms with van der Waals surface area (Å²) in [6.45, 7) is 0.298. The molecule has 1 N–H and O–H groups in total. The number of nitrogens with zero attached hydrogens (tertiary/aromatic N) is 2. The fourth-order valence-corrected chi connectivity index (χ4v) is 3.92. The highest BCUT2D eigenvalue weighted by Crippen LogP contribution is 2.24. The Labute approximate surface area is 204 Å². The normalized spacial score (nSPS) is 11.2. The van der Waals surface area contributed by atoms with Gasteiger partial charge in [-0.1, -0.05) is 78.3 Å². The van der Waals surface area contributed by atoms with Gasteiger partial charge in [-0.05, 0) is 53.8 Å². The second-order valence-electron chi connectivity index (χ2n) is 7.94. The van der Waals surface area contributed by atoms with Crippen molar-refractivity contribution in [3.8, 4) is 6.07 Å². The highest BCUT2D eigenvalue weighted by Gasteiger charge is 2.13. The van der Waals surface area contributed by atoms with Crippen molar-refractivity contribution in [3.05, 3.63) is 112 Å². The summed E-state index contributed by atoms with van der Waals surface area (Å²) in [6.07, 6.45) is 3.73. The number of aromatic nitrogens is 1. The minimum absolute atomic E-state index is 0.233. The summed E-state index contributed by atoms with van der Waals surface area (Å²) in [6, 6.07) is 29.7. The van der Waals surface area contributed by atoms with Crippen molar-refractivity contribution >= 4 is 40.1 Å². The van der Waals surface area contributed by atoms with Crippen LogP contribution in [0.15, 0.2) is 84.9 Å². The van der Waals surface area contributed by atoms with Gasteiger partial charge in [0.05, 0.1) is 18.0 Å². The predicted octanol–water partition coefficient (Wildman–Crippen LogP) is 6.24. The average molecular weight is 466 g/mol. The molecule has 0 aliphatic carbocycles. The first-order valence-corrected chi connectivity index (χ1v) is 11.6. The molecular formula is C29H24ClN3O. The number of aryl methyl sites for hydroxylation is 2. The molecular weight excluding hydrogens is 442 g/mol. The number of hydrogen-bond acceptors (Lipinski definition) is 3.